The number of ether oxygens (including phenoxy) is 14. The van der Waals surface area contributed by atoms with Crippen LogP contribution in [0.2, 0.25) is 0 Å². The summed E-state index contributed by atoms with van der Waals surface area (Å²) in [5, 5.41) is 84.9. The molecule has 0 aromatic carbocycles. The monoisotopic (exact) mass is 2250 g/mol. The third kappa shape index (κ3) is 35.7. The summed E-state index contributed by atoms with van der Waals surface area (Å²) in [6, 6.07) is 0. The predicted molar refractivity (Wildman–Crippen MR) is 374 cm³/mol. The van der Waals surface area contributed by atoms with Gasteiger partial charge in [0.1, 0.15) is 171 Å². The van der Waals surface area contributed by atoms with Crippen molar-refractivity contribution in [2.75, 3.05) is 46.2 Å². The van der Waals surface area contributed by atoms with Gasteiger partial charge in [-0.2, -0.15) is 118 Å². The summed E-state index contributed by atoms with van der Waals surface area (Å²) in [5.41, 5.74) is 0. The summed E-state index contributed by atoms with van der Waals surface area (Å²) < 4.78 is 631. The van der Waals surface area contributed by atoms with Crippen molar-refractivity contribution in [2.24, 2.45) is 0 Å². The fourth-order valence-electron chi connectivity index (χ4n) is 13.0. The molecule has 21 heterocycles. The van der Waals surface area contributed by atoms with E-state index in [1.165, 1.54) is 0 Å². The Bertz CT molecular complexity index is 4750. The van der Waals surface area contributed by atoms with E-state index in [1.807, 2.05) is 0 Å². The summed E-state index contributed by atoms with van der Waals surface area (Å²) in [6.45, 7) is -15.6. The van der Waals surface area contributed by atoms with Gasteiger partial charge in [-0.05, 0) is 0 Å². The van der Waals surface area contributed by atoms with E-state index in [1.54, 1.807) is 0 Å². The zero-order valence-electron chi connectivity index (χ0n) is 63.1. The van der Waals surface area contributed by atoms with Gasteiger partial charge in [-0.1, -0.05) is 0 Å². The molecular formula is C42H70O77S14. The lowest BCUT2D eigenvalue weighted by Gasteiger charge is -2.50. The van der Waals surface area contributed by atoms with Gasteiger partial charge in [0.05, 0.1) is 46.2 Å². The Hall–Kier alpha value is -2.66. The van der Waals surface area contributed by atoms with Crippen molar-refractivity contribution in [1.29, 1.82) is 0 Å². The van der Waals surface area contributed by atoms with E-state index in [-0.39, 0.29) is 0 Å². The first-order valence-corrected chi connectivity index (χ1v) is 52.9. The van der Waals surface area contributed by atoms with Gasteiger partial charge in [-0.3, -0.25) is 63.7 Å². The van der Waals surface area contributed by atoms with E-state index >= 15 is 0 Å². The molecule has 21 saturated heterocycles. The van der Waals surface area contributed by atoms with E-state index < -0.39 is 407 Å². The molecule has 0 aliphatic carbocycles. The number of hydrogen-bond acceptors (Lipinski definition) is 63. The molecule has 784 valence electrons. The summed E-state index contributed by atoms with van der Waals surface area (Å²) in [5.74, 6) is 0. The Kier molecular flexibility index (Phi) is 37.8. The third-order valence-electron chi connectivity index (χ3n) is 17.6. The molecule has 0 aromatic rings. The highest BCUT2D eigenvalue weighted by atomic mass is 32.3. The Balaban J connectivity index is 1.45. The molecule has 21 N–H and O–H groups in total. The third-order valence-corrected chi connectivity index (χ3v) is 23.9. The van der Waals surface area contributed by atoms with Gasteiger partial charge in [0.2, 0.25) is 0 Å². The van der Waals surface area contributed by atoms with Crippen LogP contribution in [0.3, 0.4) is 0 Å². The maximum absolute atomic E-state index is 12.9. The second-order valence-corrected chi connectivity index (χ2v) is 41.8. The van der Waals surface area contributed by atoms with Crippen molar-refractivity contribution in [1.82, 2.24) is 0 Å². The maximum atomic E-state index is 12.9. The highest BCUT2D eigenvalue weighted by Crippen LogP contribution is 2.44. The van der Waals surface area contributed by atoms with Gasteiger partial charge in [0, 0.05) is 0 Å². The lowest BCUT2D eigenvalue weighted by Crippen LogP contribution is -2.69. The normalized spacial score (nSPS) is 38.8. The molecule has 35 atom stereocenters. The van der Waals surface area contributed by atoms with Gasteiger partial charge in [-0.15, -0.1) is 0 Å². The number of hydrogen-bond donors (Lipinski definition) is 21. The second-order valence-electron chi connectivity index (χ2n) is 26.8. The van der Waals surface area contributed by atoms with E-state index in [0.29, 0.717) is 0 Å². The second kappa shape index (κ2) is 43.5. The number of aliphatic hydroxyl groups is 7. The zero-order valence-corrected chi connectivity index (χ0v) is 74.6. The van der Waals surface area contributed by atoms with Crippen LogP contribution in [0, 0.1) is 0 Å². The average molecular weight is 2260 g/mol. The smallest absolute Gasteiger partial charge is 0.385 e. The van der Waals surface area contributed by atoms with Crippen molar-refractivity contribution in [3.63, 3.8) is 0 Å². The minimum Gasteiger partial charge on any atom is -0.385 e. The van der Waals surface area contributed by atoms with Crippen molar-refractivity contribution in [3.05, 3.63) is 0 Å². The molecule has 0 radical (unpaired) electrons. The van der Waals surface area contributed by atoms with Crippen LogP contribution < -0.4 is 0 Å². The van der Waals surface area contributed by atoms with Crippen molar-refractivity contribution < 1.29 is 342 Å². The first-order valence-electron chi connectivity index (χ1n) is 33.8. The molecule has 21 rings (SSSR count). The van der Waals surface area contributed by atoms with Crippen LogP contribution in [0.5, 0.6) is 0 Å². The largest absolute Gasteiger partial charge is 0.397 e. The Morgan fingerprint density at radius 1 is 0.150 bits per heavy atom. The van der Waals surface area contributed by atoms with Gasteiger partial charge in [0.25, 0.3) is 0 Å². The highest BCUT2D eigenvalue weighted by molar-refractivity contribution is 7.83. The predicted octanol–water partition coefficient (Wildman–Crippen LogP) is -17.7. The highest BCUT2D eigenvalue weighted by Gasteiger charge is 2.64. The lowest BCUT2D eigenvalue weighted by atomic mass is 9.95. The SMILES string of the molecule is O=S(=O)(O)OC[C@@H]1O[C@H]2O[C@@H]3[C@@H](OS(=O)(=O)O)[C@H](O)[C@H](OC4[C@H](COS(=O)(=O)O)OC(OC5[C@H](COS(=O)(=O)O)OC(OC6[C@H](COS(=O)(=O)O)OC(OC7[C@H](COS(=O)(=O)O)OC(OC8[C@H](COS(=O)(=O)O)OC(OC1[C@@H](OS(=O)(=O)O)[C@@H]2O)[C@@H](O)[C@@H]8OS(=O)(=O)O)[C@@H](O)[C@@H]7OS(=O)(=O)O)[C@@H](O)[C@H]6OS(=O)(=O)O)[C@@H](O)[C@@H]5OS(=O)(=O)O)[C@@H](O)[C@@H]4OS(=O)(=O)O)O[C@H]3COS(=O)(=O)O. The molecule has 0 saturated carbocycles. The average Bonchev–Trinajstić information content (AvgIpc) is 0.820. The van der Waals surface area contributed by atoms with Crippen LogP contribution in [0.1, 0.15) is 0 Å². The standard InChI is InChI=1S/C42H70O77S14/c43-15-29(113-127(71,72)73)22-8(1-92-120(50,51)52)99-36(15)107-23-9(2-93-121(53,54)55)101-38(17(45)31(23)115-129(77,78)79)109-25-11(4-95-123(59,60)61)103-40(19(47)33(25)117-131(83,84)85)111-27-13(6-97-125(65,66)67)105-42(21(49)35(27)119-133(89,90)91)112-28-14(7-98-126(68,69)70)104-41(20(48)34(28)118-132(86,87)88)110-26-12(5-96-124(62,63)64)102-39(18(46)32(26)116-130(80,81)82)108-24-10(3-94-122(56,57)58)100-37(106-22)16(44)30(24)114-128(74,75)76/h8-49H,1-7H2,(H,50,51,52)(H,53,54,55)(H,56,57,58)(H,59,60,61)(H,62,63,64)(H,65,66,67)(H,68,69,70)(H,71,72,73)(H,74,75,76)(H,77,78,79)(H,80,81,82)(H,83,84,85)(H,86,87,88)(H,89,90,91)/t8-,9-,10-,11-,12-,13-,14-,15-,16-,17-,18-,19-,20-,21-,22-,23?,24?,25?,26?,27?,28?,29-,30-,31-,32-,33-,34-,35+,36-,37-,38?,39?,40?,41?,42?/m0/s1. The summed E-state index contributed by atoms with van der Waals surface area (Å²) in [4.78, 5) is 0. The zero-order chi connectivity index (χ0) is 101. The van der Waals surface area contributed by atoms with Crippen LogP contribution in [-0.4, -0.2) is 479 Å². The molecule has 21 aliphatic rings. The van der Waals surface area contributed by atoms with E-state index in [4.69, 9.17) is 66.3 Å². The van der Waals surface area contributed by atoms with Crippen molar-refractivity contribution in [3.8, 4) is 0 Å². The van der Waals surface area contributed by atoms with Crippen LogP contribution in [-0.2, 0) is 270 Å². The van der Waals surface area contributed by atoms with Gasteiger partial charge in [-0.25, -0.2) is 58.6 Å². The van der Waals surface area contributed by atoms with E-state index in [9.17, 15) is 217 Å². The fraction of sp³-hybridized carbons (Fsp3) is 1.00. The molecule has 77 nitrogen and oxygen atoms in total. The fourth-order valence-corrected chi connectivity index (χ4v) is 18.7. The quantitative estimate of drug-likeness (QED) is 0.0262. The van der Waals surface area contributed by atoms with Crippen LogP contribution >= 0.6 is 0 Å². The minimum atomic E-state index is -6.58. The summed E-state index contributed by atoms with van der Waals surface area (Å²) in [6.07, 6.45) is -121. The van der Waals surface area contributed by atoms with Crippen LogP contribution in [0.25, 0.3) is 0 Å². The van der Waals surface area contributed by atoms with Gasteiger partial charge >= 0.3 is 146 Å². The molecular weight excluding hydrogens is 2190 g/mol. The summed E-state index contributed by atoms with van der Waals surface area (Å²) in [7, 11) is -89.3. The first kappa shape index (κ1) is 116. The molecule has 91 heteroatoms. The topological polar surface area (TPSA) is 1160 Å². The molecule has 14 bridgehead atoms. The molecule has 21 fully saturated rings. The molecule has 0 amide bonds. The van der Waals surface area contributed by atoms with E-state index in [0.717, 1.165) is 0 Å². The van der Waals surface area contributed by atoms with Gasteiger partial charge < -0.3 is 102 Å². The molecule has 11 unspecified atom stereocenters. The van der Waals surface area contributed by atoms with Crippen molar-refractivity contribution >= 4 is 146 Å². The van der Waals surface area contributed by atoms with Gasteiger partial charge in [0.15, 0.2) is 44.0 Å². The molecule has 133 heavy (non-hydrogen) atoms. The van der Waals surface area contributed by atoms with Crippen molar-refractivity contribution in [2.45, 2.75) is 215 Å². The molecule has 21 aliphatic heterocycles. The number of rotatable bonds is 35. The summed E-state index contributed by atoms with van der Waals surface area (Å²) >= 11 is 0. The maximum Gasteiger partial charge on any atom is 0.397 e. The lowest BCUT2D eigenvalue weighted by molar-refractivity contribution is -0.391. The Morgan fingerprint density at radius 2 is 0.241 bits per heavy atom. The first-order chi connectivity index (χ1) is 60.0. The Labute approximate surface area is 744 Å². The van der Waals surface area contributed by atoms with Crippen LogP contribution in [0.15, 0.2) is 0 Å². The van der Waals surface area contributed by atoms with Crippen LogP contribution in [0.4, 0.5) is 0 Å². The molecule has 0 spiro atoms. The van der Waals surface area contributed by atoms with E-state index in [2.05, 4.69) is 58.6 Å². The molecule has 0 aromatic heterocycles. The number of aliphatic hydroxyl groups excluding tert-OH is 7. The Morgan fingerprint density at radius 3 is 0.316 bits per heavy atom. The minimum absolute atomic E-state index is 2.23.